The monoisotopic (exact) mass is 325 g/mol. The Morgan fingerprint density at radius 3 is 2.55 bits per heavy atom. The summed E-state index contributed by atoms with van der Waals surface area (Å²) in [6.45, 7) is 2.00. The predicted octanol–water partition coefficient (Wildman–Crippen LogP) is 5.18. The van der Waals surface area contributed by atoms with Crippen LogP contribution in [0.5, 0.6) is 0 Å². The fourth-order valence-corrected chi connectivity index (χ4v) is 3.50. The lowest BCUT2D eigenvalue weighted by molar-refractivity contribution is 0.729. The van der Waals surface area contributed by atoms with Crippen LogP contribution in [0.25, 0.3) is 0 Å². The molecular formula is C16H17Cl2NS. The van der Waals surface area contributed by atoms with Gasteiger partial charge in [0.25, 0.3) is 0 Å². The second-order valence-corrected chi connectivity index (χ2v) is 6.67. The van der Waals surface area contributed by atoms with Gasteiger partial charge in [-0.15, -0.1) is 11.8 Å². The molecule has 2 aromatic carbocycles. The summed E-state index contributed by atoms with van der Waals surface area (Å²) >= 11 is 14.0. The van der Waals surface area contributed by atoms with Gasteiger partial charge in [-0.1, -0.05) is 41.4 Å². The Bertz CT molecular complexity index is 584. The third-order valence-corrected chi connectivity index (χ3v) is 4.67. The van der Waals surface area contributed by atoms with Gasteiger partial charge in [0.1, 0.15) is 0 Å². The molecule has 2 rings (SSSR count). The van der Waals surface area contributed by atoms with Gasteiger partial charge in [0.05, 0.1) is 0 Å². The molecule has 0 saturated heterocycles. The molecule has 0 aromatic heterocycles. The van der Waals surface area contributed by atoms with Gasteiger partial charge in [-0.25, -0.2) is 0 Å². The fraction of sp³-hybridized carbons (Fsp3) is 0.250. The number of hydrogen-bond donors (Lipinski definition) is 1. The largest absolute Gasteiger partial charge is 0.328 e. The SMILES string of the molecule is CC(N)Cc1cc(Cl)ccc1SCc1ccccc1Cl. The summed E-state index contributed by atoms with van der Waals surface area (Å²) in [4.78, 5) is 1.21. The number of hydrogen-bond acceptors (Lipinski definition) is 2. The van der Waals surface area contributed by atoms with Crippen LogP contribution in [0.1, 0.15) is 18.1 Å². The first-order chi connectivity index (χ1) is 9.56. The molecule has 0 amide bonds. The van der Waals surface area contributed by atoms with Crippen molar-refractivity contribution in [1.82, 2.24) is 0 Å². The van der Waals surface area contributed by atoms with Gasteiger partial charge in [0, 0.05) is 26.7 Å². The Morgan fingerprint density at radius 2 is 1.85 bits per heavy atom. The molecule has 0 fully saturated rings. The summed E-state index contributed by atoms with van der Waals surface area (Å²) < 4.78 is 0. The van der Waals surface area contributed by atoms with Crippen molar-refractivity contribution in [2.24, 2.45) is 5.73 Å². The van der Waals surface area contributed by atoms with Gasteiger partial charge < -0.3 is 5.73 Å². The summed E-state index contributed by atoms with van der Waals surface area (Å²) in [7, 11) is 0. The highest BCUT2D eigenvalue weighted by atomic mass is 35.5. The zero-order valence-corrected chi connectivity index (χ0v) is 13.6. The van der Waals surface area contributed by atoms with Crippen molar-refractivity contribution in [2.75, 3.05) is 0 Å². The standard InChI is InChI=1S/C16H17Cl2NS/c1-11(19)8-13-9-14(17)6-7-16(13)20-10-12-4-2-3-5-15(12)18/h2-7,9,11H,8,10,19H2,1H3. The Hall–Kier alpha value is -0.670. The van der Waals surface area contributed by atoms with Crippen molar-refractivity contribution in [3.05, 3.63) is 63.6 Å². The molecule has 1 unspecified atom stereocenters. The molecular weight excluding hydrogens is 309 g/mol. The maximum Gasteiger partial charge on any atom is 0.0446 e. The number of rotatable bonds is 5. The summed E-state index contributed by atoms with van der Waals surface area (Å²) in [6.07, 6.45) is 0.825. The van der Waals surface area contributed by atoms with Gasteiger partial charge in [-0.3, -0.25) is 0 Å². The molecule has 1 atom stereocenters. The van der Waals surface area contributed by atoms with E-state index in [4.69, 9.17) is 28.9 Å². The molecule has 0 heterocycles. The predicted molar refractivity (Wildman–Crippen MR) is 89.8 cm³/mol. The second-order valence-electron chi connectivity index (χ2n) is 4.81. The quantitative estimate of drug-likeness (QED) is 0.767. The van der Waals surface area contributed by atoms with Gasteiger partial charge in [0.2, 0.25) is 0 Å². The van der Waals surface area contributed by atoms with E-state index in [1.807, 2.05) is 37.3 Å². The van der Waals surface area contributed by atoms with Gasteiger partial charge >= 0.3 is 0 Å². The highest BCUT2D eigenvalue weighted by molar-refractivity contribution is 7.98. The van der Waals surface area contributed by atoms with E-state index in [0.29, 0.717) is 0 Å². The fourth-order valence-electron chi connectivity index (χ4n) is 1.97. The molecule has 0 bridgehead atoms. The topological polar surface area (TPSA) is 26.0 Å². The van der Waals surface area contributed by atoms with E-state index in [1.54, 1.807) is 11.8 Å². The summed E-state index contributed by atoms with van der Waals surface area (Å²) in [5.74, 6) is 0.841. The lowest BCUT2D eigenvalue weighted by Crippen LogP contribution is -2.18. The number of benzene rings is 2. The van der Waals surface area contributed by atoms with E-state index < -0.39 is 0 Å². The molecule has 1 nitrogen and oxygen atoms in total. The molecule has 106 valence electrons. The van der Waals surface area contributed by atoms with Crippen LogP contribution in [-0.4, -0.2) is 6.04 Å². The summed E-state index contributed by atoms with van der Waals surface area (Å²) in [5.41, 5.74) is 8.24. The smallest absolute Gasteiger partial charge is 0.0446 e. The number of halogens is 2. The van der Waals surface area contributed by atoms with Gasteiger partial charge in [-0.05, 0) is 48.7 Å². The highest BCUT2D eigenvalue weighted by Gasteiger charge is 2.08. The van der Waals surface area contributed by atoms with Crippen molar-refractivity contribution in [3.8, 4) is 0 Å². The van der Waals surface area contributed by atoms with Crippen LogP contribution in [0.15, 0.2) is 47.4 Å². The summed E-state index contributed by atoms with van der Waals surface area (Å²) in [5, 5.41) is 1.56. The Labute approximate surface area is 134 Å². The van der Waals surface area contributed by atoms with Crippen LogP contribution >= 0.6 is 35.0 Å². The van der Waals surface area contributed by atoms with Crippen molar-refractivity contribution >= 4 is 35.0 Å². The zero-order valence-electron chi connectivity index (χ0n) is 11.3. The van der Waals surface area contributed by atoms with Crippen molar-refractivity contribution in [3.63, 3.8) is 0 Å². The maximum atomic E-state index is 6.19. The van der Waals surface area contributed by atoms with Gasteiger partial charge in [-0.2, -0.15) is 0 Å². The minimum atomic E-state index is 0.119. The van der Waals surface area contributed by atoms with E-state index in [0.717, 1.165) is 27.8 Å². The molecule has 2 N–H and O–H groups in total. The first kappa shape index (κ1) is 15.7. The van der Waals surface area contributed by atoms with Crippen LogP contribution in [-0.2, 0) is 12.2 Å². The molecule has 0 aliphatic heterocycles. The summed E-state index contributed by atoms with van der Waals surface area (Å²) in [6, 6.07) is 14.0. The lowest BCUT2D eigenvalue weighted by Gasteiger charge is -2.12. The molecule has 0 saturated carbocycles. The van der Waals surface area contributed by atoms with E-state index in [2.05, 4.69) is 12.1 Å². The van der Waals surface area contributed by atoms with Crippen molar-refractivity contribution in [2.45, 2.75) is 30.0 Å². The first-order valence-corrected chi connectivity index (χ1v) is 8.20. The maximum absolute atomic E-state index is 6.19. The normalized spacial score (nSPS) is 12.4. The van der Waals surface area contributed by atoms with E-state index in [9.17, 15) is 0 Å². The number of nitrogens with two attached hydrogens (primary N) is 1. The zero-order chi connectivity index (χ0) is 14.5. The molecule has 4 heteroatoms. The average Bonchev–Trinajstić information content (AvgIpc) is 2.39. The highest BCUT2D eigenvalue weighted by Crippen LogP contribution is 2.31. The minimum absolute atomic E-state index is 0.119. The molecule has 2 aromatic rings. The van der Waals surface area contributed by atoms with Crippen LogP contribution in [0, 0.1) is 0 Å². The van der Waals surface area contributed by atoms with E-state index >= 15 is 0 Å². The van der Waals surface area contributed by atoms with Gasteiger partial charge in [0.15, 0.2) is 0 Å². The molecule has 0 spiro atoms. The first-order valence-electron chi connectivity index (χ1n) is 6.46. The van der Waals surface area contributed by atoms with E-state index in [-0.39, 0.29) is 6.04 Å². The van der Waals surface area contributed by atoms with Crippen LogP contribution in [0.2, 0.25) is 10.0 Å². The lowest BCUT2D eigenvalue weighted by atomic mass is 10.1. The van der Waals surface area contributed by atoms with Crippen LogP contribution in [0.4, 0.5) is 0 Å². The van der Waals surface area contributed by atoms with Crippen molar-refractivity contribution < 1.29 is 0 Å². The minimum Gasteiger partial charge on any atom is -0.328 e. The van der Waals surface area contributed by atoms with Crippen molar-refractivity contribution in [1.29, 1.82) is 0 Å². The third-order valence-electron chi connectivity index (χ3n) is 2.91. The van der Waals surface area contributed by atoms with Crippen LogP contribution in [0.3, 0.4) is 0 Å². The second kappa shape index (κ2) is 7.37. The molecule has 0 radical (unpaired) electrons. The van der Waals surface area contributed by atoms with Crippen LogP contribution < -0.4 is 5.73 Å². The Morgan fingerprint density at radius 1 is 1.10 bits per heavy atom. The number of thioether (sulfide) groups is 1. The Balaban J connectivity index is 2.15. The molecule has 0 aliphatic carbocycles. The molecule has 0 aliphatic rings. The third kappa shape index (κ3) is 4.42. The average molecular weight is 326 g/mol. The molecule has 20 heavy (non-hydrogen) atoms. The van der Waals surface area contributed by atoms with E-state index in [1.165, 1.54) is 10.5 Å². The Kier molecular flexibility index (Phi) is 5.79.